The summed E-state index contributed by atoms with van der Waals surface area (Å²) in [6.07, 6.45) is 0.788. The second kappa shape index (κ2) is 7.14. The minimum absolute atomic E-state index is 0.0120. The van der Waals surface area contributed by atoms with Crippen molar-refractivity contribution in [1.29, 1.82) is 0 Å². The van der Waals surface area contributed by atoms with E-state index in [1.807, 2.05) is 31.2 Å². The molecule has 0 radical (unpaired) electrons. The van der Waals surface area contributed by atoms with Crippen molar-refractivity contribution >= 4 is 43.2 Å². The monoisotopic (exact) mass is 389 g/mol. The summed E-state index contributed by atoms with van der Waals surface area (Å²) >= 11 is 1.57. The minimum Gasteiger partial charge on any atom is -0.326 e. The van der Waals surface area contributed by atoms with E-state index in [2.05, 4.69) is 10.3 Å². The van der Waals surface area contributed by atoms with Crippen molar-refractivity contribution in [2.24, 2.45) is 5.14 Å². The molecule has 3 rings (SSSR count). The Labute approximate surface area is 156 Å². The molecule has 0 bridgehead atoms. The average Bonchev–Trinajstić information content (AvgIpc) is 2.99. The summed E-state index contributed by atoms with van der Waals surface area (Å²) in [6.45, 7) is 3.60. The molecular formula is C18H19N3O3S2. The van der Waals surface area contributed by atoms with E-state index in [1.165, 1.54) is 12.1 Å². The van der Waals surface area contributed by atoms with Crippen molar-refractivity contribution < 1.29 is 13.2 Å². The van der Waals surface area contributed by atoms with Gasteiger partial charge < -0.3 is 5.32 Å². The molecule has 1 amide bonds. The number of aromatic nitrogens is 1. The summed E-state index contributed by atoms with van der Waals surface area (Å²) in [5, 5.41) is 8.88. The van der Waals surface area contributed by atoms with E-state index < -0.39 is 10.0 Å². The Morgan fingerprint density at radius 2 is 1.96 bits per heavy atom. The molecule has 0 unspecified atom stereocenters. The zero-order chi connectivity index (χ0) is 18.9. The fraction of sp³-hybridized carbons (Fsp3) is 0.222. The quantitative estimate of drug-likeness (QED) is 0.700. The van der Waals surface area contributed by atoms with Crippen LogP contribution in [0.3, 0.4) is 0 Å². The molecule has 6 nitrogen and oxygen atoms in total. The molecule has 26 heavy (non-hydrogen) atoms. The molecule has 0 saturated heterocycles. The molecule has 0 saturated carbocycles. The zero-order valence-electron chi connectivity index (χ0n) is 14.4. The average molecular weight is 390 g/mol. The number of carbonyl (C=O) groups is 1. The number of para-hydroxylation sites is 1. The van der Waals surface area contributed by atoms with Crippen LogP contribution in [0.1, 0.15) is 22.6 Å². The van der Waals surface area contributed by atoms with Crippen molar-refractivity contribution in [3.63, 3.8) is 0 Å². The van der Waals surface area contributed by atoms with Crippen LogP contribution in [0.2, 0.25) is 0 Å². The summed E-state index contributed by atoms with van der Waals surface area (Å²) in [4.78, 5) is 16.8. The topological polar surface area (TPSA) is 102 Å². The molecule has 2 aromatic carbocycles. The normalized spacial score (nSPS) is 11.7. The van der Waals surface area contributed by atoms with Crippen LogP contribution in [0.15, 0.2) is 41.3 Å². The third kappa shape index (κ3) is 4.09. The van der Waals surface area contributed by atoms with E-state index in [9.17, 15) is 13.2 Å². The van der Waals surface area contributed by atoms with Crippen LogP contribution in [0.4, 0.5) is 5.69 Å². The van der Waals surface area contributed by atoms with Crippen molar-refractivity contribution in [3.05, 3.63) is 52.5 Å². The highest BCUT2D eigenvalue weighted by Crippen LogP contribution is 2.25. The SMILES string of the molecule is Cc1cc(S(N)(=O)=O)cc(NC(=O)CCc2nc3ccccc3s2)c1C. The molecule has 0 atom stereocenters. The van der Waals surface area contributed by atoms with E-state index in [-0.39, 0.29) is 17.2 Å². The van der Waals surface area contributed by atoms with Gasteiger partial charge in [0, 0.05) is 18.5 Å². The number of fused-ring (bicyclic) bond motifs is 1. The molecule has 0 fully saturated rings. The van der Waals surface area contributed by atoms with E-state index in [0.717, 1.165) is 26.4 Å². The lowest BCUT2D eigenvalue weighted by Gasteiger charge is -2.12. The van der Waals surface area contributed by atoms with Crippen LogP contribution in [0.5, 0.6) is 0 Å². The number of aryl methyl sites for hydroxylation is 2. The number of nitrogens with two attached hydrogens (primary N) is 1. The molecule has 0 spiro atoms. The highest BCUT2D eigenvalue weighted by molar-refractivity contribution is 7.89. The Kier molecular flexibility index (Phi) is 5.08. The summed E-state index contributed by atoms with van der Waals surface area (Å²) in [5.74, 6) is -0.196. The third-order valence-corrected chi connectivity index (χ3v) is 6.14. The number of benzene rings is 2. The number of amides is 1. The predicted octanol–water partition coefficient (Wildman–Crippen LogP) is 3.13. The van der Waals surface area contributed by atoms with Gasteiger partial charge in [0.25, 0.3) is 0 Å². The number of carbonyl (C=O) groups excluding carboxylic acids is 1. The Morgan fingerprint density at radius 3 is 2.65 bits per heavy atom. The maximum atomic E-state index is 12.3. The van der Waals surface area contributed by atoms with Crippen molar-refractivity contribution in [2.45, 2.75) is 31.6 Å². The highest BCUT2D eigenvalue weighted by Gasteiger charge is 2.14. The zero-order valence-corrected chi connectivity index (χ0v) is 16.1. The van der Waals surface area contributed by atoms with E-state index in [4.69, 9.17) is 5.14 Å². The van der Waals surface area contributed by atoms with Gasteiger partial charge in [0.2, 0.25) is 15.9 Å². The molecule has 3 aromatic rings. The fourth-order valence-corrected chi connectivity index (χ4v) is 4.17. The second-order valence-corrected chi connectivity index (χ2v) is 8.76. The van der Waals surface area contributed by atoms with E-state index in [1.54, 1.807) is 18.3 Å². The number of primary sulfonamides is 1. The summed E-state index contributed by atoms with van der Waals surface area (Å²) < 4.78 is 24.3. The molecule has 3 N–H and O–H groups in total. The first-order chi connectivity index (χ1) is 12.2. The fourth-order valence-electron chi connectivity index (χ4n) is 2.58. The van der Waals surface area contributed by atoms with Gasteiger partial charge >= 0.3 is 0 Å². The number of hydrogen-bond acceptors (Lipinski definition) is 5. The second-order valence-electron chi connectivity index (χ2n) is 6.08. The molecule has 1 aromatic heterocycles. The van der Waals surface area contributed by atoms with Gasteiger partial charge in [-0.05, 0) is 49.2 Å². The van der Waals surface area contributed by atoms with Gasteiger partial charge in [-0.3, -0.25) is 4.79 Å². The van der Waals surface area contributed by atoms with Gasteiger partial charge in [0.1, 0.15) is 0 Å². The Morgan fingerprint density at radius 1 is 1.23 bits per heavy atom. The summed E-state index contributed by atoms with van der Waals surface area (Å²) in [6, 6.07) is 10.7. The van der Waals surface area contributed by atoms with Gasteiger partial charge in [-0.15, -0.1) is 11.3 Å². The smallest absolute Gasteiger partial charge is 0.238 e. The lowest BCUT2D eigenvalue weighted by molar-refractivity contribution is -0.116. The van der Waals surface area contributed by atoms with Gasteiger partial charge in [0.15, 0.2) is 0 Å². The number of hydrogen-bond donors (Lipinski definition) is 2. The summed E-state index contributed by atoms with van der Waals surface area (Å²) in [5.41, 5.74) is 2.95. The van der Waals surface area contributed by atoms with Crippen LogP contribution in [0.25, 0.3) is 10.2 Å². The lowest BCUT2D eigenvalue weighted by atomic mass is 10.1. The summed E-state index contributed by atoms with van der Waals surface area (Å²) in [7, 11) is -3.83. The van der Waals surface area contributed by atoms with Gasteiger partial charge in [-0.25, -0.2) is 18.5 Å². The van der Waals surface area contributed by atoms with Crippen LogP contribution < -0.4 is 10.5 Å². The Balaban J connectivity index is 1.72. The molecule has 136 valence electrons. The number of sulfonamides is 1. The molecular weight excluding hydrogens is 370 g/mol. The number of rotatable bonds is 5. The van der Waals surface area contributed by atoms with Crippen LogP contribution in [0, 0.1) is 13.8 Å². The lowest BCUT2D eigenvalue weighted by Crippen LogP contribution is -2.16. The van der Waals surface area contributed by atoms with Crippen LogP contribution in [-0.4, -0.2) is 19.3 Å². The highest BCUT2D eigenvalue weighted by atomic mass is 32.2. The van der Waals surface area contributed by atoms with Crippen LogP contribution in [-0.2, 0) is 21.2 Å². The van der Waals surface area contributed by atoms with E-state index in [0.29, 0.717) is 12.1 Å². The van der Waals surface area contributed by atoms with Gasteiger partial charge in [-0.2, -0.15) is 0 Å². The largest absolute Gasteiger partial charge is 0.326 e. The number of thiazole rings is 1. The molecule has 1 heterocycles. The Bertz CT molecular complexity index is 1060. The molecule has 0 aliphatic rings. The first-order valence-corrected chi connectivity index (χ1v) is 10.4. The first kappa shape index (κ1) is 18.5. The number of nitrogens with zero attached hydrogens (tertiary/aromatic N) is 1. The van der Waals surface area contributed by atoms with Gasteiger partial charge in [0.05, 0.1) is 20.1 Å². The molecule has 0 aliphatic carbocycles. The maximum absolute atomic E-state index is 12.3. The molecule has 0 aliphatic heterocycles. The van der Waals surface area contributed by atoms with E-state index >= 15 is 0 Å². The third-order valence-electron chi connectivity index (χ3n) is 4.15. The van der Waals surface area contributed by atoms with Crippen LogP contribution >= 0.6 is 11.3 Å². The predicted molar refractivity (Wildman–Crippen MR) is 104 cm³/mol. The first-order valence-electron chi connectivity index (χ1n) is 8.02. The standard InChI is InChI=1S/C18H19N3O3S2/c1-11-9-13(26(19,23)24)10-15(12(11)2)20-17(22)7-8-18-21-14-5-3-4-6-16(14)25-18/h3-6,9-10H,7-8H2,1-2H3,(H,20,22)(H2,19,23,24). The number of anilines is 1. The maximum Gasteiger partial charge on any atom is 0.238 e. The van der Waals surface area contributed by atoms with Gasteiger partial charge in [-0.1, -0.05) is 12.1 Å². The van der Waals surface area contributed by atoms with Crippen molar-refractivity contribution in [1.82, 2.24) is 4.98 Å². The van der Waals surface area contributed by atoms with Crippen molar-refractivity contribution in [2.75, 3.05) is 5.32 Å². The minimum atomic E-state index is -3.83. The molecule has 8 heteroatoms. The number of nitrogens with one attached hydrogen (secondary N) is 1. The Hall–Kier alpha value is -2.29. The van der Waals surface area contributed by atoms with Crippen molar-refractivity contribution in [3.8, 4) is 0 Å².